The zero-order valence-electron chi connectivity index (χ0n) is 7.28. The van der Waals surface area contributed by atoms with Crippen molar-refractivity contribution >= 4 is 5.78 Å². The molecule has 0 saturated carbocycles. The lowest BCUT2D eigenvalue weighted by atomic mass is 10.0. The Balaban J connectivity index is 3.15. The predicted octanol–water partition coefficient (Wildman–Crippen LogP) is 1.08. The molecule has 0 unspecified atom stereocenters. The van der Waals surface area contributed by atoms with Crippen molar-refractivity contribution in [3.8, 4) is 5.75 Å². The molecule has 0 aromatic heterocycles. The van der Waals surface area contributed by atoms with Gasteiger partial charge in [0, 0.05) is 12.5 Å². The maximum Gasteiger partial charge on any atom is 0.167 e. The third-order valence-electron chi connectivity index (χ3n) is 1.75. The number of rotatable bonds is 3. The Labute approximate surface area is 77.0 Å². The molecule has 0 aliphatic heterocycles. The van der Waals surface area contributed by atoms with Crippen LogP contribution in [0.15, 0.2) is 18.2 Å². The first-order valence-electron chi connectivity index (χ1n) is 3.76. The Hall–Kier alpha value is -1.35. The van der Waals surface area contributed by atoms with Gasteiger partial charge in [-0.3, -0.25) is 4.79 Å². The molecule has 1 aromatic rings. The SMILES string of the molecule is [CH]C(=O)c1ccc(OC)cc1CO. The molecule has 0 spiro atoms. The lowest BCUT2D eigenvalue weighted by Gasteiger charge is -2.06. The normalized spacial score (nSPS) is 9.77. The number of methoxy groups -OCH3 is 1. The van der Waals surface area contributed by atoms with Gasteiger partial charge in [-0.2, -0.15) is 0 Å². The third kappa shape index (κ3) is 2.06. The number of Topliss-reactive ketones (excluding diaryl/α,β-unsaturated/α-hetero) is 1. The smallest absolute Gasteiger partial charge is 0.167 e. The molecule has 0 atom stereocenters. The topological polar surface area (TPSA) is 46.5 Å². The van der Waals surface area contributed by atoms with Crippen LogP contribution < -0.4 is 4.74 Å². The highest BCUT2D eigenvalue weighted by atomic mass is 16.5. The van der Waals surface area contributed by atoms with Crippen molar-refractivity contribution in [2.45, 2.75) is 6.61 Å². The Morgan fingerprint density at radius 2 is 2.31 bits per heavy atom. The average Bonchev–Trinajstić information content (AvgIpc) is 2.16. The average molecular weight is 178 g/mol. The van der Waals surface area contributed by atoms with E-state index in [1.807, 2.05) is 0 Å². The molecule has 0 bridgehead atoms. The van der Waals surface area contributed by atoms with Crippen LogP contribution in [0.2, 0.25) is 0 Å². The Bertz CT molecular complexity index is 318. The fraction of sp³-hybridized carbons (Fsp3) is 0.200. The van der Waals surface area contributed by atoms with Gasteiger partial charge in [-0.15, -0.1) is 0 Å². The highest BCUT2D eigenvalue weighted by Gasteiger charge is 2.07. The fourth-order valence-corrected chi connectivity index (χ4v) is 1.07. The highest BCUT2D eigenvalue weighted by molar-refractivity contribution is 6.00. The first kappa shape index (κ1) is 9.74. The largest absolute Gasteiger partial charge is 0.497 e. The lowest BCUT2D eigenvalue weighted by molar-refractivity contribution is 0.104. The molecule has 0 aliphatic rings. The monoisotopic (exact) mass is 178 g/mol. The second kappa shape index (κ2) is 4.05. The molecule has 0 fully saturated rings. The Kier molecular flexibility index (Phi) is 3.03. The van der Waals surface area contributed by atoms with E-state index in [0.29, 0.717) is 16.9 Å². The minimum absolute atomic E-state index is 0.227. The van der Waals surface area contributed by atoms with E-state index < -0.39 is 5.78 Å². The van der Waals surface area contributed by atoms with Crippen molar-refractivity contribution in [3.05, 3.63) is 36.2 Å². The van der Waals surface area contributed by atoms with Gasteiger partial charge in [0.15, 0.2) is 5.78 Å². The zero-order chi connectivity index (χ0) is 9.84. The summed E-state index contributed by atoms with van der Waals surface area (Å²) in [7, 11) is 1.51. The summed E-state index contributed by atoms with van der Waals surface area (Å²) in [4.78, 5) is 10.9. The number of hydrogen-bond donors (Lipinski definition) is 1. The number of carbonyl (C=O) groups excluding carboxylic acids is 1. The van der Waals surface area contributed by atoms with Crippen LogP contribution in [0, 0.1) is 6.92 Å². The minimum Gasteiger partial charge on any atom is -0.497 e. The van der Waals surface area contributed by atoms with Crippen LogP contribution >= 0.6 is 0 Å². The van der Waals surface area contributed by atoms with E-state index in [1.165, 1.54) is 13.2 Å². The quantitative estimate of drug-likeness (QED) is 0.704. The molecule has 0 amide bonds. The summed E-state index contributed by atoms with van der Waals surface area (Å²) in [5.41, 5.74) is 0.801. The Morgan fingerprint density at radius 1 is 1.62 bits per heavy atom. The molecule has 1 N–H and O–H groups in total. The standard InChI is InChI=1S/C10H10O3/c1-7(12)10-4-3-9(13-2)5-8(10)6-11/h1,3-5,11H,6H2,2H3. The molecule has 3 nitrogen and oxygen atoms in total. The van der Waals surface area contributed by atoms with Gasteiger partial charge >= 0.3 is 0 Å². The van der Waals surface area contributed by atoms with Gasteiger partial charge in [0.1, 0.15) is 5.75 Å². The van der Waals surface area contributed by atoms with Gasteiger partial charge in [0.05, 0.1) is 13.7 Å². The van der Waals surface area contributed by atoms with Crippen molar-refractivity contribution in [1.29, 1.82) is 0 Å². The molecule has 1 rings (SSSR count). The molecule has 68 valence electrons. The summed E-state index contributed by atoms with van der Waals surface area (Å²) in [6, 6.07) is 4.74. The highest BCUT2D eigenvalue weighted by Crippen LogP contribution is 2.17. The molecule has 0 saturated heterocycles. The molecule has 1 aromatic carbocycles. The molecule has 0 heterocycles. The molecule has 2 radical (unpaired) electrons. The first-order chi connectivity index (χ1) is 6.19. The van der Waals surface area contributed by atoms with Crippen LogP contribution in [0.25, 0.3) is 0 Å². The van der Waals surface area contributed by atoms with Crippen molar-refractivity contribution in [2.24, 2.45) is 0 Å². The second-order valence-electron chi connectivity index (χ2n) is 2.55. The summed E-state index contributed by atoms with van der Waals surface area (Å²) < 4.78 is 4.93. The van der Waals surface area contributed by atoms with Gasteiger partial charge in [-0.25, -0.2) is 0 Å². The van der Waals surface area contributed by atoms with Gasteiger partial charge in [-0.05, 0) is 23.8 Å². The van der Waals surface area contributed by atoms with Crippen molar-refractivity contribution in [2.75, 3.05) is 7.11 Å². The first-order valence-corrected chi connectivity index (χ1v) is 3.76. The summed E-state index contributed by atoms with van der Waals surface area (Å²) in [5.74, 6) is 0.0424. The molecular formula is C10H10O3. The Morgan fingerprint density at radius 3 is 2.77 bits per heavy atom. The summed E-state index contributed by atoms with van der Waals surface area (Å²) in [6.45, 7) is 4.86. The van der Waals surface area contributed by atoms with Crippen molar-refractivity contribution in [3.63, 3.8) is 0 Å². The second-order valence-corrected chi connectivity index (χ2v) is 2.55. The molecular weight excluding hydrogens is 168 g/mol. The number of ether oxygens (including phenoxy) is 1. The van der Waals surface area contributed by atoms with E-state index in [2.05, 4.69) is 0 Å². The number of aliphatic hydroxyl groups is 1. The molecule has 3 heteroatoms. The maximum absolute atomic E-state index is 10.9. The van der Waals surface area contributed by atoms with E-state index >= 15 is 0 Å². The third-order valence-corrected chi connectivity index (χ3v) is 1.75. The van der Waals surface area contributed by atoms with Gasteiger partial charge < -0.3 is 9.84 Å². The van der Waals surface area contributed by atoms with Gasteiger partial charge in [0.2, 0.25) is 0 Å². The van der Waals surface area contributed by atoms with E-state index in [9.17, 15) is 4.79 Å². The summed E-state index contributed by atoms with van der Waals surface area (Å²) >= 11 is 0. The number of ketones is 1. The number of carbonyl (C=O) groups is 1. The number of hydrogen-bond acceptors (Lipinski definition) is 3. The van der Waals surface area contributed by atoms with Crippen LogP contribution in [0.1, 0.15) is 15.9 Å². The van der Waals surface area contributed by atoms with E-state index in [1.54, 1.807) is 12.1 Å². The van der Waals surface area contributed by atoms with E-state index in [0.717, 1.165) is 0 Å². The minimum atomic E-state index is -0.549. The van der Waals surface area contributed by atoms with Crippen LogP contribution in [0.4, 0.5) is 0 Å². The van der Waals surface area contributed by atoms with Crippen LogP contribution in [0.3, 0.4) is 0 Å². The van der Waals surface area contributed by atoms with Gasteiger partial charge in [-0.1, -0.05) is 0 Å². The van der Waals surface area contributed by atoms with E-state index in [-0.39, 0.29) is 6.61 Å². The van der Waals surface area contributed by atoms with Crippen LogP contribution in [0.5, 0.6) is 5.75 Å². The maximum atomic E-state index is 10.9. The molecule has 13 heavy (non-hydrogen) atoms. The van der Waals surface area contributed by atoms with Gasteiger partial charge in [0.25, 0.3) is 0 Å². The molecule has 0 aliphatic carbocycles. The number of aliphatic hydroxyl groups excluding tert-OH is 1. The lowest BCUT2D eigenvalue weighted by Crippen LogP contribution is -2.00. The summed E-state index contributed by atoms with van der Waals surface area (Å²) in [6.07, 6.45) is 0. The number of benzene rings is 1. The van der Waals surface area contributed by atoms with Crippen LogP contribution in [-0.4, -0.2) is 18.0 Å². The predicted molar refractivity (Wildman–Crippen MR) is 47.5 cm³/mol. The van der Waals surface area contributed by atoms with Crippen molar-refractivity contribution < 1.29 is 14.6 Å². The van der Waals surface area contributed by atoms with E-state index in [4.69, 9.17) is 16.8 Å². The summed E-state index contributed by atoms with van der Waals surface area (Å²) in [5, 5.41) is 8.92. The fourth-order valence-electron chi connectivity index (χ4n) is 1.07. The van der Waals surface area contributed by atoms with Crippen LogP contribution in [-0.2, 0) is 6.61 Å². The zero-order valence-corrected chi connectivity index (χ0v) is 7.28. The van der Waals surface area contributed by atoms with Crippen molar-refractivity contribution in [1.82, 2.24) is 0 Å².